The first-order valence-corrected chi connectivity index (χ1v) is 31.7. The summed E-state index contributed by atoms with van der Waals surface area (Å²) in [6.07, 6.45) is -38.7. The zero-order chi connectivity index (χ0) is 63.2. The van der Waals surface area contributed by atoms with Crippen LogP contribution in [0.5, 0.6) is 0 Å². The third-order valence-corrected chi connectivity index (χ3v) is 21.1. The smallest absolute Gasteiger partial charge is 0.394 e. The highest BCUT2D eigenvalue weighted by Crippen LogP contribution is 2.67. The minimum atomic E-state index is -4.89. The summed E-state index contributed by atoms with van der Waals surface area (Å²) in [4.78, 5) is 13.2. The lowest BCUT2D eigenvalue weighted by molar-refractivity contribution is -0.407. The predicted molar refractivity (Wildman–Crippen MR) is 290 cm³/mol. The first kappa shape index (κ1) is 68.7. The molecule has 0 spiro atoms. The van der Waals surface area contributed by atoms with Crippen LogP contribution < -0.4 is 0 Å². The van der Waals surface area contributed by atoms with Gasteiger partial charge in [-0.05, 0) is 120 Å². The van der Waals surface area contributed by atoms with Crippen molar-refractivity contribution in [3.8, 4) is 0 Å². The number of ketones is 1. The van der Waals surface area contributed by atoms with E-state index in [4.69, 9.17) is 51.6 Å². The molecule has 8 fully saturated rings. The summed E-state index contributed by atoms with van der Waals surface area (Å²) < 4.78 is 101. The molecule has 496 valence electrons. The third-order valence-electron chi connectivity index (χ3n) is 20.6. The summed E-state index contributed by atoms with van der Waals surface area (Å²) in [6, 6.07) is 0. The number of rotatable bonds is 18. The van der Waals surface area contributed by atoms with Crippen LogP contribution in [-0.2, 0) is 66.7 Å². The highest BCUT2D eigenvalue weighted by atomic mass is 32.3. The van der Waals surface area contributed by atoms with Gasteiger partial charge in [-0.3, -0.25) is 9.35 Å². The fourth-order valence-corrected chi connectivity index (χ4v) is 16.6. The van der Waals surface area contributed by atoms with Crippen molar-refractivity contribution in [2.75, 3.05) is 6.61 Å². The molecule has 3 saturated carbocycles. The number of carbonyl (C=O) groups is 1. The fourth-order valence-electron chi connectivity index (χ4n) is 16.0. The van der Waals surface area contributed by atoms with E-state index < -0.39 is 205 Å². The summed E-state index contributed by atoms with van der Waals surface area (Å²) >= 11 is 0. The van der Waals surface area contributed by atoms with E-state index in [-0.39, 0.29) is 48.7 Å². The standard InChI is InChI=1S/C57H94O28S/c1-21(2)16-26(59)19-57(9,71)34-11-10-29-28-18-32(31-17-27(85-86(72,73)74)12-14-55(31,7)30(28)13-15-56(29,34)8)79-52-45(70)47(37(62)24(5)77-52)82-53-49(84-51-43(68)40(65)36(61)23(4)76-51)44(69)46(25(6)78-53)81-54-48(41(66)38(63)33(20-58)80-54)83-50-42(67)39(64)35(60)22(3)75-50/h13,21-25,27-29,31-54,58,60-71H,10-12,14-20H2,1-9H3,(H,72,73,74)/t22-,23-,24-,25-,27?,28?,29?,31-,32+,33-,34?,35+,36-,37-,38-,39+,40+,41+,42-,43-,44+,45-,46-,47+,48-,49-,50+,51+,52+,53+,54+,55-,56+,57+/m1/s1. The van der Waals surface area contributed by atoms with E-state index in [0.29, 0.717) is 32.1 Å². The first-order chi connectivity index (χ1) is 40.1. The largest absolute Gasteiger partial charge is 0.397 e. The summed E-state index contributed by atoms with van der Waals surface area (Å²) in [6.45, 7) is 14.6. The molecular weight excluding hydrogens is 1160 g/mol. The Hall–Kier alpha value is -1.64. The van der Waals surface area contributed by atoms with Gasteiger partial charge in [-0.2, -0.15) is 8.42 Å². The van der Waals surface area contributed by atoms with Crippen LogP contribution in [0.2, 0.25) is 0 Å². The summed E-state index contributed by atoms with van der Waals surface area (Å²) in [5.74, 6) is -0.812. The zero-order valence-corrected chi connectivity index (χ0v) is 50.8. The van der Waals surface area contributed by atoms with Crippen molar-refractivity contribution >= 4 is 16.2 Å². The van der Waals surface area contributed by atoms with Crippen LogP contribution in [-0.4, -0.2) is 263 Å². The number of Topliss-reactive ketones (excluding diaryl/α,β-unsaturated/α-hetero) is 1. The van der Waals surface area contributed by atoms with E-state index >= 15 is 0 Å². The maximum atomic E-state index is 13.2. The van der Waals surface area contributed by atoms with Gasteiger partial charge in [0.25, 0.3) is 0 Å². The van der Waals surface area contributed by atoms with Crippen molar-refractivity contribution in [3.05, 3.63) is 11.6 Å². The monoisotopic (exact) mass is 1260 g/mol. The SMILES string of the molecule is CC(C)CC(=O)C[C@](C)(O)C1CCC2C3C[C@H](O[C@@H]4O[C@H](C)[C@@H](O)[C@H](O[C@@H]5O[C@H](C)[C@@H](O[C@@H]6O[C@H](CO)[C@@H](O)[C@H](O)[C@H]6O[C@@H]6O[C@H](C)[C@H](O)[C@H](O)[C@H]6O)[C@H](O)[C@H]5O[C@@H]5O[C@H](C)[C@@H](O)[C@H](O)[C@H]5O)[C@H]4O)[C@H]4CC(OS(=O)(=O)O)CC[C@]4(C)C3=CC[C@@]21C. The molecule has 28 nitrogen and oxygen atoms in total. The minimum Gasteiger partial charge on any atom is -0.394 e. The first-order valence-electron chi connectivity index (χ1n) is 30.3. The Bertz CT molecular complexity index is 2460. The van der Waals surface area contributed by atoms with Gasteiger partial charge in [0.2, 0.25) is 0 Å². The van der Waals surface area contributed by atoms with Gasteiger partial charge < -0.3 is 114 Å². The molecule has 9 rings (SSSR count). The van der Waals surface area contributed by atoms with Crippen molar-refractivity contribution < 1.29 is 136 Å². The molecule has 86 heavy (non-hydrogen) atoms. The Morgan fingerprint density at radius 2 is 1.14 bits per heavy atom. The number of fused-ring (bicyclic) bond motifs is 5. The molecule has 5 aliphatic heterocycles. The van der Waals surface area contributed by atoms with Gasteiger partial charge in [0.15, 0.2) is 31.5 Å². The summed E-state index contributed by atoms with van der Waals surface area (Å²) in [5, 5.41) is 146. The van der Waals surface area contributed by atoms with Crippen molar-refractivity contribution in [2.24, 2.45) is 40.4 Å². The maximum Gasteiger partial charge on any atom is 0.397 e. The van der Waals surface area contributed by atoms with Crippen LogP contribution in [0.1, 0.15) is 120 Å². The molecule has 0 aromatic rings. The van der Waals surface area contributed by atoms with E-state index in [9.17, 15) is 84.1 Å². The van der Waals surface area contributed by atoms with Crippen LogP contribution in [0.3, 0.4) is 0 Å². The highest BCUT2D eigenvalue weighted by molar-refractivity contribution is 7.80. The average Bonchev–Trinajstić information content (AvgIpc) is 1.34. The average molecular weight is 1260 g/mol. The van der Waals surface area contributed by atoms with E-state index in [0.717, 1.165) is 12.0 Å². The van der Waals surface area contributed by atoms with Gasteiger partial charge in [-0.1, -0.05) is 39.3 Å². The van der Waals surface area contributed by atoms with Gasteiger partial charge in [0, 0.05) is 12.8 Å². The second-order valence-corrected chi connectivity index (χ2v) is 28.1. The van der Waals surface area contributed by atoms with E-state index in [2.05, 4.69) is 19.9 Å². The van der Waals surface area contributed by atoms with Gasteiger partial charge in [-0.15, -0.1) is 0 Å². The summed E-state index contributed by atoms with van der Waals surface area (Å²) in [5.41, 5.74) is -1.27. The van der Waals surface area contributed by atoms with E-state index in [1.807, 2.05) is 13.8 Å². The second kappa shape index (κ2) is 26.4. The maximum absolute atomic E-state index is 13.2. The van der Waals surface area contributed by atoms with E-state index in [1.54, 1.807) is 6.92 Å². The molecule has 29 heteroatoms. The summed E-state index contributed by atoms with van der Waals surface area (Å²) in [7, 11) is -4.89. The number of hydrogen-bond donors (Lipinski definition) is 14. The van der Waals surface area contributed by atoms with Crippen molar-refractivity contribution in [1.29, 1.82) is 0 Å². The lowest BCUT2D eigenvalue weighted by Gasteiger charge is -2.60. The Labute approximate surface area is 500 Å². The van der Waals surface area contributed by atoms with Crippen LogP contribution in [0.4, 0.5) is 0 Å². The quantitative estimate of drug-likeness (QED) is 0.0507. The van der Waals surface area contributed by atoms with Gasteiger partial charge in [-0.25, -0.2) is 4.18 Å². The molecule has 0 bridgehead atoms. The van der Waals surface area contributed by atoms with Crippen LogP contribution >= 0.6 is 0 Å². The number of aliphatic hydroxyl groups excluding tert-OH is 12. The van der Waals surface area contributed by atoms with Gasteiger partial charge in [0.1, 0.15) is 103 Å². The van der Waals surface area contributed by atoms with Crippen LogP contribution in [0.15, 0.2) is 11.6 Å². The Morgan fingerprint density at radius 3 is 1.71 bits per heavy atom. The van der Waals surface area contributed by atoms with Gasteiger partial charge >= 0.3 is 10.4 Å². The molecule has 9 aliphatic rings. The van der Waals surface area contributed by atoms with Crippen LogP contribution in [0, 0.1) is 40.4 Å². The molecule has 14 N–H and O–H groups in total. The Balaban J connectivity index is 0.996. The zero-order valence-electron chi connectivity index (χ0n) is 50.0. The molecule has 0 amide bonds. The molecule has 5 heterocycles. The third kappa shape index (κ3) is 13.4. The lowest BCUT2D eigenvalue weighted by atomic mass is 9.47. The Morgan fingerprint density at radius 1 is 0.616 bits per heavy atom. The number of aliphatic hydroxyl groups is 13. The van der Waals surface area contributed by atoms with E-state index in [1.165, 1.54) is 27.7 Å². The minimum absolute atomic E-state index is 0.00741. The molecule has 34 atom stereocenters. The van der Waals surface area contributed by atoms with Crippen LogP contribution in [0.25, 0.3) is 0 Å². The normalized spacial score (nSPS) is 51.7. The molecule has 0 aromatic carbocycles. The molecular formula is C57H94O28S. The fraction of sp³-hybridized carbons (Fsp3) is 0.947. The number of allylic oxidation sites excluding steroid dienone is 2. The molecule has 0 aromatic heterocycles. The lowest BCUT2D eigenvalue weighted by Crippen LogP contribution is -2.68. The topological polar surface area (TPSA) is 436 Å². The molecule has 5 saturated heterocycles. The van der Waals surface area contributed by atoms with Crippen molar-refractivity contribution in [2.45, 2.75) is 291 Å². The predicted octanol–water partition coefficient (Wildman–Crippen LogP) is -2.29. The number of hydrogen-bond acceptors (Lipinski definition) is 27. The molecule has 0 radical (unpaired) electrons. The molecule has 4 unspecified atom stereocenters. The number of carbonyl (C=O) groups excluding carboxylic acids is 1. The van der Waals surface area contributed by atoms with Crippen molar-refractivity contribution in [3.63, 3.8) is 0 Å². The van der Waals surface area contributed by atoms with Crippen molar-refractivity contribution in [1.82, 2.24) is 0 Å². The molecule has 4 aliphatic carbocycles. The Kier molecular flexibility index (Phi) is 21.1. The second-order valence-electron chi connectivity index (χ2n) is 27.1. The van der Waals surface area contributed by atoms with Gasteiger partial charge in [0.05, 0.1) is 48.8 Å². The number of ether oxygens (including phenoxy) is 10. The highest BCUT2D eigenvalue weighted by Gasteiger charge is 2.64.